The van der Waals surface area contributed by atoms with E-state index in [0.29, 0.717) is 37.5 Å². The van der Waals surface area contributed by atoms with Gasteiger partial charge in [0.2, 0.25) is 17.6 Å². The van der Waals surface area contributed by atoms with Crippen LogP contribution in [-0.4, -0.2) is 34.3 Å². The van der Waals surface area contributed by atoms with Crippen LogP contribution in [0.5, 0.6) is 0 Å². The van der Waals surface area contributed by atoms with E-state index in [1.165, 1.54) is 0 Å². The predicted octanol–water partition coefficient (Wildman–Crippen LogP) is 1.87. The van der Waals surface area contributed by atoms with Crippen molar-refractivity contribution in [2.45, 2.75) is 26.2 Å². The minimum absolute atomic E-state index is 0.0462. The Morgan fingerprint density at radius 3 is 3.14 bits per heavy atom. The Labute approximate surface area is 127 Å². The molecule has 1 unspecified atom stereocenters. The number of nitrogens with zero attached hydrogens (tertiary/aromatic N) is 2. The van der Waals surface area contributed by atoms with E-state index in [2.05, 4.69) is 15.5 Å². The Morgan fingerprint density at radius 2 is 2.43 bits per heavy atom. The molecule has 1 atom stereocenters. The van der Waals surface area contributed by atoms with E-state index < -0.39 is 0 Å². The second-order valence-electron chi connectivity index (χ2n) is 4.95. The van der Waals surface area contributed by atoms with Gasteiger partial charge < -0.3 is 14.9 Å². The molecular weight excluding hydrogens is 290 g/mol. The highest BCUT2D eigenvalue weighted by Crippen LogP contribution is 2.18. The summed E-state index contributed by atoms with van der Waals surface area (Å²) in [6, 6.07) is 1.93. The van der Waals surface area contributed by atoms with E-state index in [1.807, 2.05) is 23.8 Å². The number of amides is 1. The highest BCUT2D eigenvalue weighted by Gasteiger charge is 2.11. The zero-order chi connectivity index (χ0) is 15.1. The first kappa shape index (κ1) is 15.7. The number of aryl methyl sites for hydroxylation is 1. The van der Waals surface area contributed by atoms with Crippen LogP contribution in [0.1, 0.15) is 25.7 Å². The molecule has 2 aromatic heterocycles. The Balaban J connectivity index is 1.74. The minimum Gasteiger partial charge on any atom is -0.396 e. The van der Waals surface area contributed by atoms with E-state index in [-0.39, 0.29) is 18.4 Å². The second kappa shape index (κ2) is 7.90. The summed E-state index contributed by atoms with van der Waals surface area (Å²) in [5.41, 5.74) is 0.928. The Morgan fingerprint density at radius 1 is 1.57 bits per heavy atom. The van der Waals surface area contributed by atoms with Crippen molar-refractivity contribution >= 4 is 17.2 Å². The maximum Gasteiger partial charge on any atom is 0.227 e. The molecule has 0 bridgehead atoms. The summed E-state index contributed by atoms with van der Waals surface area (Å²) in [6.07, 6.45) is 1.43. The number of hydrogen-bond acceptors (Lipinski definition) is 6. The fourth-order valence-electron chi connectivity index (χ4n) is 1.78. The van der Waals surface area contributed by atoms with Gasteiger partial charge in [0, 0.05) is 36.9 Å². The number of aliphatic hydroxyl groups excluding tert-OH is 1. The normalized spacial score (nSPS) is 12.3. The van der Waals surface area contributed by atoms with Gasteiger partial charge in [-0.2, -0.15) is 16.3 Å². The van der Waals surface area contributed by atoms with Gasteiger partial charge >= 0.3 is 0 Å². The van der Waals surface area contributed by atoms with E-state index >= 15 is 0 Å². The molecule has 2 aromatic rings. The molecular formula is C14H19N3O3S. The van der Waals surface area contributed by atoms with Crippen LogP contribution in [0.3, 0.4) is 0 Å². The van der Waals surface area contributed by atoms with E-state index in [4.69, 9.17) is 9.63 Å². The molecule has 7 heteroatoms. The molecule has 0 aliphatic carbocycles. The molecule has 2 heterocycles. The van der Waals surface area contributed by atoms with Crippen LogP contribution < -0.4 is 5.32 Å². The Bertz CT molecular complexity index is 554. The van der Waals surface area contributed by atoms with Crippen LogP contribution in [0.15, 0.2) is 21.3 Å². The number of rotatable bonds is 8. The van der Waals surface area contributed by atoms with Gasteiger partial charge in [0.1, 0.15) is 0 Å². The quantitative estimate of drug-likeness (QED) is 0.777. The van der Waals surface area contributed by atoms with E-state index in [0.717, 1.165) is 5.56 Å². The molecule has 6 nitrogen and oxygen atoms in total. The molecule has 0 saturated carbocycles. The van der Waals surface area contributed by atoms with Crippen LogP contribution in [0.2, 0.25) is 0 Å². The van der Waals surface area contributed by atoms with E-state index in [9.17, 15) is 4.79 Å². The number of aliphatic hydroxyl groups is 1. The van der Waals surface area contributed by atoms with Crippen LogP contribution in [0.4, 0.5) is 0 Å². The topological polar surface area (TPSA) is 88.2 Å². The summed E-state index contributed by atoms with van der Waals surface area (Å²) in [4.78, 5) is 16.0. The molecule has 2 N–H and O–H groups in total. The molecule has 114 valence electrons. The lowest BCUT2D eigenvalue weighted by Crippen LogP contribution is -2.28. The largest absolute Gasteiger partial charge is 0.396 e. The molecule has 0 fully saturated rings. The number of hydrogen-bond donors (Lipinski definition) is 2. The number of carbonyl (C=O) groups excluding carboxylic acids is 1. The molecule has 0 spiro atoms. The van der Waals surface area contributed by atoms with Gasteiger partial charge in [0.25, 0.3) is 0 Å². The van der Waals surface area contributed by atoms with Crippen molar-refractivity contribution in [3.05, 3.63) is 22.7 Å². The molecule has 0 aromatic carbocycles. The predicted molar refractivity (Wildman–Crippen MR) is 79.8 cm³/mol. The Kier molecular flexibility index (Phi) is 5.89. The maximum atomic E-state index is 11.7. The molecule has 0 aliphatic rings. The summed E-state index contributed by atoms with van der Waals surface area (Å²) in [5.74, 6) is 1.25. The van der Waals surface area contributed by atoms with Gasteiger partial charge in [0.05, 0.1) is 0 Å². The van der Waals surface area contributed by atoms with Crippen molar-refractivity contribution < 1.29 is 14.4 Å². The average molecular weight is 309 g/mol. The highest BCUT2D eigenvalue weighted by molar-refractivity contribution is 7.08. The molecule has 0 radical (unpaired) electrons. The van der Waals surface area contributed by atoms with Crippen molar-refractivity contribution in [1.29, 1.82) is 0 Å². The molecule has 21 heavy (non-hydrogen) atoms. The zero-order valence-corrected chi connectivity index (χ0v) is 12.7. The lowest BCUT2D eigenvalue weighted by Gasteiger charge is -2.10. The van der Waals surface area contributed by atoms with Crippen molar-refractivity contribution in [3.8, 4) is 11.4 Å². The van der Waals surface area contributed by atoms with Crippen LogP contribution in [0.25, 0.3) is 11.4 Å². The number of carbonyl (C=O) groups is 1. The average Bonchev–Trinajstić information content (AvgIpc) is 3.13. The summed E-state index contributed by atoms with van der Waals surface area (Å²) in [7, 11) is 0. The molecule has 0 aliphatic heterocycles. The van der Waals surface area contributed by atoms with Crippen LogP contribution in [-0.2, 0) is 11.2 Å². The third-order valence-electron chi connectivity index (χ3n) is 3.08. The van der Waals surface area contributed by atoms with E-state index in [1.54, 1.807) is 11.3 Å². The fraction of sp³-hybridized carbons (Fsp3) is 0.500. The van der Waals surface area contributed by atoms with Gasteiger partial charge in [-0.05, 0) is 23.8 Å². The number of aromatic nitrogens is 2. The minimum atomic E-state index is -0.0462. The molecule has 1 amide bonds. The first-order valence-corrected chi connectivity index (χ1v) is 7.86. The van der Waals surface area contributed by atoms with Crippen LogP contribution >= 0.6 is 11.3 Å². The molecule has 0 saturated heterocycles. The first-order chi connectivity index (χ1) is 10.2. The summed E-state index contributed by atoms with van der Waals surface area (Å²) in [6.45, 7) is 2.70. The number of nitrogens with one attached hydrogen (secondary N) is 1. The first-order valence-electron chi connectivity index (χ1n) is 6.91. The summed E-state index contributed by atoms with van der Waals surface area (Å²) < 4.78 is 5.13. The zero-order valence-electron chi connectivity index (χ0n) is 11.9. The monoisotopic (exact) mass is 309 g/mol. The van der Waals surface area contributed by atoms with Gasteiger partial charge in [0.15, 0.2) is 0 Å². The standard InChI is InChI=1S/C14H19N3O3S/c1-10(4-6-18)8-15-12(19)2-3-13-16-14(17-20-13)11-5-7-21-9-11/h5,7,9-10,18H,2-4,6,8H2,1H3,(H,15,19). The highest BCUT2D eigenvalue weighted by atomic mass is 32.1. The lowest BCUT2D eigenvalue weighted by molar-refractivity contribution is -0.121. The smallest absolute Gasteiger partial charge is 0.227 e. The SMILES string of the molecule is CC(CCO)CNC(=O)CCc1nc(-c2ccsc2)no1. The van der Waals surface area contributed by atoms with Crippen molar-refractivity contribution in [2.24, 2.45) is 5.92 Å². The lowest BCUT2D eigenvalue weighted by atomic mass is 10.1. The fourth-order valence-corrected chi connectivity index (χ4v) is 2.42. The third-order valence-corrected chi connectivity index (χ3v) is 3.77. The van der Waals surface area contributed by atoms with Gasteiger partial charge in [-0.3, -0.25) is 4.79 Å². The van der Waals surface area contributed by atoms with Gasteiger partial charge in [-0.15, -0.1) is 0 Å². The second-order valence-corrected chi connectivity index (χ2v) is 5.73. The Hall–Kier alpha value is -1.73. The van der Waals surface area contributed by atoms with Crippen molar-refractivity contribution in [3.63, 3.8) is 0 Å². The third kappa shape index (κ3) is 4.95. The molecule has 2 rings (SSSR count). The summed E-state index contributed by atoms with van der Waals surface area (Å²) >= 11 is 1.57. The van der Waals surface area contributed by atoms with Crippen LogP contribution in [0, 0.1) is 5.92 Å². The maximum absolute atomic E-state index is 11.7. The summed E-state index contributed by atoms with van der Waals surface area (Å²) in [5, 5.41) is 19.4. The van der Waals surface area contributed by atoms with Gasteiger partial charge in [-0.1, -0.05) is 12.1 Å². The van der Waals surface area contributed by atoms with Gasteiger partial charge in [-0.25, -0.2) is 0 Å². The van der Waals surface area contributed by atoms with Crippen molar-refractivity contribution in [1.82, 2.24) is 15.5 Å². The number of thiophene rings is 1. The van der Waals surface area contributed by atoms with Crippen molar-refractivity contribution in [2.75, 3.05) is 13.2 Å².